The van der Waals surface area contributed by atoms with Gasteiger partial charge in [-0.25, -0.2) is 0 Å². The second-order valence-corrected chi connectivity index (χ2v) is 5.83. The number of nitrogens with zero attached hydrogens (tertiary/aromatic N) is 1. The van der Waals surface area contributed by atoms with E-state index in [1.807, 2.05) is 0 Å². The monoisotopic (exact) mass is 276 g/mol. The molecule has 0 saturated carbocycles. The minimum Gasteiger partial charge on any atom is -0.317 e. The number of rotatable bonds is 2. The molecule has 1 N–H and O–H groups in total. The minimum absolute atomic E-state index is 0.682. The van der Waals surface area contributed by atoms with Gasteiger partial charge in [-0.15, -0.1) is 0 Å². The van der Waals surface area contributed by atoms with E-state index in [0.29, 0.717) is 5.92 Å². The molecule has 2 heteroatoms. The number of fused-ring (bicyclic) bond motifs is 1. The Bertz CT molecular complexity index is 737. The number of nitrogens with one attached hydrogen (secondary N) is 1. The van der Waals surface area contributed by atoms with E-state index in [1.165, 1.54) is 35.0 Å². The number of aromatic nitrogens is 1. The lowest BCUT2D eigenvalue weighted by molar-refractivity contribution is 0.462. The zero-order valence-electron chi connectivity index (χ0n) is 12.1. The molecular weight excluding hydrogens is 256 g/mol. The Labute approximate surface area is 125 Å². The van der Waals surface area contributed by atoms with Crippen molar-refractivity contribution in [2.45, 2.75) is 18.8 Å². The SMILES string of the molecule is c1ccc(-n2cc(C3CCNCC3)c3ccccc32)cc1. The third kappa shape index (κ3) is 2.26. The van der Waals surface area contributed by atoms with Crippen molar-refractivity contribution in [1.29, 1.82) is 0 Å². The molecule has 0 atom stereocenters. The molecule has 2 heterocycles. The van der Waals surface area contributed by atoms with Gasteiger partial charge in [-0.3, -0.25) is 0 Å². The maximum Gasteiger partial charge on any atom is 0.0531 e. The van der Waals surface area contributed by atoms with Crippen LogP contribution in [-0.2, 0) is 0 Å². The first kappa shape index (κ1) is 12.7. The van der Waals surface area contributed by atoms with E-state index in [4.69, 9.17) is 0 Å². The summed E-state index contributed by atoms with van der Waals surface area (Å²) in [4.78, 5) is 0. The van der Waals surface area contributed by atoms with Gasteiger partial charge in [0.25, 0.3) is 0 Å². The van der Waals surface area contributed by atoms with Crippen LogP contribution in [0.25, 0.3) is 16.6 Å². The van der Waals surface area contributed by atoms with Gasteiger partial charge in [0.15, 0.2) is 0 Å². The molecule has 1 fully saturated rings. The topological polar surface area (TPSA) is 17.0 Å². The summed E-state index contributed by atoms with van der Waals surface area (Å²) in [5.74, 6) is 0.682. The second kappa shape index (κ2) is 5.38. The van der Waals surface area contributed by atoms with Crippen LogP contribution in [0.5, 0.6) is 0 Å². The summed E-state index contributed by atoms with van der Waals surface area (Å²) >= 11 is 0. The number of hydrogen-bond acceptors (Lipinski definition) is 1. The van der Waals surface area contributed by atoms with Crippen molar-refractivity contribution >= 4 is 10.9 Å². The maximum atomic E-state index is 3.46. The van der Waals surface area contributed by atoms with Crippen molar-refractivity contribution in [3.05, 3.63) is 66.4 Å². The zero-order chi connectivity index (χ0) is 14.1. The van der Waals surface area contributed by atoms with Gasteiger partial charge in [-0.1, -0.05) is 36.4 Å². The van der Waals surface area contributed by atoms with Gasteiger partial charge in [0.05, 0.1) is 5.52 Å². The quantitative estimate of drug-likeness (QED) is 0.745. The second-order valence-electron chi connectivity index (χ2n) is 5.83. The summed E-state index contributed by atoms with van der Waals surface area (Å²) in [7, 11) is 0. The zero-order valence-corrected chi connectivity index (χ0v) is 12.1. The lowest BCUT2D eigenvalue weighted by atomic mass is 9.90. The Balaban J connectivity index is 1.88. The van der Waals surface area contributed by atoms with E-state index in [2.05, 4.69) is 70.7 Å². The standard InChI is InChI=1S/C19H20N2/c1-2-6-16(7-3-1)21-14-18(15-10-12-20-13-11-15)17-8-4-5-9-19(17)21/h1-9,14-15,20H,10-13H2. The fraction of sp³-hybridized carbons (Fsp3) is 0.263. The van der Waals surface area contributed by atoms with Gasteiger partial charge < -0.3 is 9.88 Å². The first-order valence-electron chi connectivity index (χ1n) is 7.79. The molecule has 21 heavy (non-hydrogen) atoms. The van der Waals surface area contributed by atoms with E-state index in [9.17, 15) is 0 Å². The van der Waals surface area contributed by atoms with Gasteiger partial charge in [-0.05, 0) is 55.6 Å². The van der Waals surface area contributed by atoms with Crippen molar-refractivity contribution < 1.29 is 0 Å². The van der Waals surface area contributed by atoms with Crippen molar-refractivity contribution in [2.75, 3.05) is 13.1 Å². The van der Waals surface area contributed by atoms with Crippen LogP contribution in [0.15, 0.2) is 60.8 Å². The predicted octanol–water partition coefficient (Wildman–Crippen LogP) is 4.10. The lowest BCUT2D eigenvalue weighted by Gasteiger charge is -2.22. The van der Waals surface area contributed by atoms with Crippen LogP contribution < -0.4 is 5.32 Å². The average Bonchev–Trinajstić information content (AvgIpc) is 2.96. The molecule has 0 spiro atoms. The summed E-state index contributed by atoms with van der Waals surface area (Å²) in [5.41, 5.74) is 4.07. The van der Waals surface area contributed by atoms with Crippen LogP contribution in [-0.4, -0.2) is 17.7 Å². The highest BCUT2D eigenvalue weighted by Crippen LogP contribution is 2.34. The third-order valence-corrected chi connectivity index (χ3v) is 4.56. The number of para-hydroxylation sites is 2. The molecule has 2 aromatic carbocycles. The Morgan fingerprint density at radius 1 is 0.857 bits per heavy atom. The maximum absolute atomic E-state index is 3.46. The molecule has 1 saturated heterocycles. The third-order valence-electron chi connectivity index (χ3n) is 4.56. The Morgan fingerprint density at radius 3 is 2.38 bits per heavy atom. The van der Waals surface area contributed by atoms with Crippen molar-refractivity contribution in [3.63, 3.8) is 0 Å². The van der Waals surface area contributed by atoms with Crippen LogP contribution in [0.2, 0.25) is 0 Å². The fourth-order valence-corrected chi connectivity index (χ4v) is 3.47. The Hall–Kier alpha value is -2.06. The summed E-state index contributed by atoms with van der Waals surface area (Å²) in [6.07, 6.45) is 4.83. The van der Waals surface area contributed by atoms with Crippen molar-refractivity contribution in [3.8, 4) is 5.69 Å². The highest BCUT2D eigenvalue weighted by molar-refractivity contribution is 5.86. The van der Waals surface area contributed by atoms with Crippen molar-refractivity contribution in [1.82, 2.24) is 9.88 Å². The number of benzene rings is 2. The summed E-state index contributed by atoms with van der Waals surface area (Å²) in [6.45, 7) is 2.27. The largest absolute Gasteiger partial charge is 0.317 e. The molecule has 1 aliphatic rings. The van der Waals surface area contributed by atoms with Gasteiger partial charge in [0.1, 0.15) is 0 Å². The van der Waals surface area contributed by atoms with Crippen LogP contribution >= 0.6 is 0 Å². The molecule has 1 aromatic heterocycles. The van der Waals surface area contributed by atoms with E-state index < -0.39 is 0 Å². The van der Waals surface area contributed by atoms with Crippen molar-refractivity contribution in [2.24, 2.45) is 0 Å². The lowest BCUT2D eigenvalue weighted by Crippen LogP contribution is -2.26. The molecule has 0 bridgehead atoms. The molecule has 3 aromatic rings. The normalized spacial score (nSPS) is 16.4. The highest BCUT2D eigenvalue weighted by atomic mass is 15.0. The van der Waals surface area contributed by atoms with E-state index >= 15 is 0 Å². The summed E-state index contributed by atoms with van der Waals surface area (Å²) in [5, 5.41) is 4.87. The van der Waals surface area contributed by atoms with E-state index in [0.717, 1.165) is 13.1 Å². The Morgan fingerprint density at radius 2 is 1.57 bits per heavy atom. The predicted molar refractivity (Wildman–Crippen MR) is 88.1 cm³/mol. The first-order valence-corrected chi connectivity index (χ1v) is 7.79. The highest BCUT2D eigenvalue weighted by Gasteiger charge is 2.20. The van der Waals surface area contributed by atoms with Gasteiger partial charge in [0, 0.05) is 17.3 Å². The summed E-state index contributed by atoms with van der Waals surface area (Å²) in [6, 6.07) is 19.4. The number of hydrogen-bond donors (Lipinski definition) is 1. The van der Waals surface area contributed by atoms with Crippen LogP contribution in [0, 0.1) is 0 Å². The van der Waals surface area contributed by atoms with Crippen LogP contribution in [0.3, 0.4) is 0 Å². The van der Waals surface area contributed by atoms with Crippen LogP contribution in [0.4, 0.5) is 0 Å². The molecule has 0 amide bonds. The molecule has 0 radical (unpaired) electrons. The molecule has 0 unspecified atom stereocenters. The fourth-order valence-electron chi connectivity index (χ4n) is 3.47. The average molecular weight is 276 g/mol. The molecule has 0 aliphatic carbocycles. The van der Waals surface area contributed by atoms with Gasteiger partial charge in [-0.2, -0.15) is 0 Å². The van der Waals surface area contributed by atoms with Crippen LogP contribution in [0.1, 0.15) is 24.3 Å². The van der Waals surface area contributed by atoms with E-state index in [-0.39, 0.29) is 0 Å². The molecule has 4 rings (SSSR count). The van der Waals surface area contributed by atoms with E-state index in [1.54, 1.807) is 0 Å². The summed E-state index contributed by atoms with van der Waals surface area (Å²) < 4.78 is 2.34. The van der Waals surface area contributed by atoms with Gasteiger partial charge in [0.2, 0.25) is 0 Å². The Kier molecular flexibility index (Phi) is 3.24. The molecule has 106 valence electrons. The molecular formula is C19H20N2. The van der Waals surface area contributed by atoms with Gasteiger partial charge >= 0.3 is 0 Å². The first-order chi connectivity index (χ1) is 10.4. The minimum atomic E-state index is 0.682. The molecule has 1 aliphatic heterocycles. The number of piperidine rings is 1. The smallest absolute Gasteiger partial charge is 0.0531 e. The molecule has 2 nitrogen and oxygen atoms in total.